The number of furan rings is 1. The number of amides is 2. The zero-order valence-electron chi connectivity index (χ0n) is 14.7. The molecule has 0 radical (unpaired) electrons. The minimum atomic E-state index is -0.506. The van der Waals surface area contributed by atoms with Crippen molar-refractivity contribution in [3.05, 3.63) is 53.4 Å². The molecule has 0 bridgehead atoms. The molecule has 0 saturated carbocycles. The van der Waals surface area contributed by atoms with Crippen molar-refractivity contribution in [3.63, 3.8) is 0 Å². The summed E-state index contributed by atoms with van der Waals surface area (Å²) >= 11 is 1.27. The number of aromatic nitrogens is 2. The molecular weight excluding hydrogens is 364 g/mol. The highest BCUT2D eigenvalue weighted by Crippen LogP contribution is 2.28. The van der Waals surface area contributed by atoms with Crippen LogP contribution in [0.4, 0.5) is 5.82 Å². The third-order valence-electron chi connectivity index (χ3n) is 4.40. The molecule has 1 fully saturated rings. The maximum atomic E-state index is 12.9. The summed E-state index contributed by atoms with van der Waals surface area (Å²) in [7, 11) is 0. The molecule has 2 amide bonds. The Bertz CT molecular complexity index is 967. The van der Waals surface area contributed by atoms with Gasteiger partial charge in [0, 0.05) is 12.2 Å². The van der Waals surface area contributed by atoms with E-state index in [0.29, 0.717) is 34.4 Å². The van der Waals surface area contributed by atoms with Crippen LogP contribution in [0.5, 0.6) is 0 Å². The van der Waals surface area contributed by atoms with Crippen LogP contribution in [0.25, 0.3) is 10.8 Å². The van der Waals surface area contributed by atoms with Gasteiger partial charge in [-0.1, -0.05) is 6.07 Å². The summed E-state index contributed by atoms with van der Waals surface area (Å²) in [5.74, 6) is 0.729. The molecule has 0 spiro atoms. The van der Waals surface area contributed by atoms with Gasteiger partial charge < -0.3 is 14.6 Å². The van der Waals surface area contributed by atoms with Crippen molar-refractivity contribution in [3.8, 4) is 10.8 Å². The predicted molar refractivity (Wildman–Crippen MR) is 101 cm³/mol. The molecule has 3 aromatic heterocycles. The van der Waals surface area contributed by atoms with Crippen LogP contribution in [-0.2, 0) is 4.79 Å². The first kappa shape index (κ1) is 17.4. The van der Waals surface area contributed by atoms with Gasteiger partial charge in [-0.05, 0) is 44.0 Å². The van der Waals surface area contributed by atoms with Crippen molar-refractivity contribution < 1.29 is 14.0 Å². The monoisotopic (exact) mass is 382 g/mol. The number of pyridine rings is 1. The predicted octanol–water partition coefficient (Wildman–Crippen LogP) is 3.35. The molecule has 1 N–H and O–H groups in total. The SMILES string of the molecule is Cc1cccc(NC(=O)[C@@H]2CCCN2C(=O)c2cnc(-c3ccco3)s2)n1. The van der Waals surface area contributed by atoms with E-state index in [2.05, 4.69) is 15.3 Å². The summed E-state index contributed by atoms with van der Waals surface area (Å²) in [6, 6.07) is 8.51. The molecule has 4 rings (SSSR count). The third kappa shape index (κ3) is 3.61. The zero-order chi connectivity index (χ0) is 18.8. The lowest BCUT2D eigenvalue weighted by Crippen LogP contribution is -2.43. The van der Waals surface area contributed by atoms with Gasteiger partial charge in [0.1, 0.15) is 16.7 Å². The van der Waals surface area contributed by atoms with Crippen LogP contribution in [0.2, 0.25) is 0 Å². The Morgan fingerprint density at radius 1 is 1.30 bits per heavy atom. The number of likely N-dealkylation sites (tertiary alicyclic amines) is 1. The fourth-order valence-corrected chi connectivity index (χ4v) is 3.97. The second-order valence-corrected chi connectivity index (χ2v) is 7.35. The Morgan fingerprint density at radius 2 is 2.19 bits per heavy atom. The molecule has 138 valence electrons. The number of anilines is 1. The molecule has 0 aromatic carbocycles. The molecule has 7 nitrogen and oxygen atoms in total. The van der Waals surface area contributed by atoms with Crippen molar-refractivity contribution in [2.24, 2.45) is 0 Å². The zero-order valence-corrected chi connectivity index (χ0v) is 15.5. The van der Waals surface area contributed by atoms with E-state index in [1.165, 1.54) is 11.3 Å². The Labute approximate surface area is 160 Å². The van der Waals surface area contributed by atoms with Crippen molar-refractivity contribution in [1.29, 1.82) is 0 Å². The highest BCUT2D eigenvalue weighted by Gasteiger charge is 2.35. The number of hydrogen-bond donors (Lipinski definition) is 1. The number of carbonyl (C=O) groups is 2. The number of hydrogen-bond acceptors (Lipinski definition) is 6. The summed E-state index contributed by atoms with van der Waals surface area (Å²) in [5, 5.41) is 3.46. The van der Waals surface area contributed by atoms with E-state index in [4.69, 9.17) is 4.42 Å². The molecule has 0 aliphatic carbocycles. The fraction of sp³-hybridized carbons (Fsp3) is 0.263. The van der Waals surface area contributed by atoms with E-state index >= 15 is 0 Å². The quantitative estimate of drug-likeness (QED) is 0.748. The van der Waals surface area contributed by atoms with E-state index in [1.807, 2.05) is 19.1 Å². The van der Waals surface area contributed by atoms with E-state index in [1.54, 1.807) is 35.6 Å². The van der Waals surface area contributed by atoms with Crippen LogP contribution in [-0.4, -0.2) is 39.3 Å². The van der Waals surface area contributed by atoms with Gasteiger partial charge in [0.25, 0.3) is 5.91 Å². The molecule has 8 heteroatoms. The first-order valence-electron chi connectivity index (χ1n) is 8.67. The minimum Gasteiger partial charge on any atom is -0.462 e. The molecule has 4 heterocycles. The highest BCUT2D eigenvalue weighted by atomic mass is 32.1. The Balaban J connectivity index is 1.49. The van der Waals surface area contributed by atoms with E-state index < -0.39 is 6.04 Å². The van der Waals surface area contributed by atoms with Crippen molar-refractivity contribution >= 4 is 29.0 Å². The average Bonchev–Trinajstić information content (AvgIpc) is 3.41. The van der Waals surface area contributed by atoms with Gasteiger partial charge in [-0.25, -0.2) is 9.97 Å². The average molecular weight is 382 g/mol. The molecule has 1 aliphatic rings. The lowest BCUT2D eigenvalue weighted by atomic mass is 10.2. The molecule has 27 heavy (non-hydrogen) atoms. The topological polar surface area (TPSA) is 88.3 Å². The van der Waals surface area contributed by atoms with Crippen LogP contribution >= 0.6 is 11.3 Å². The lowest BCUT2D eigenvalue weighted by Gasteiger charge is -2.23. The van der Waals surface area contributed by atoms with Gasteiger partial charge in [-0.2, -0.15) is 0 Å². The molecule has 1 aliphatic heterocycles. The van der Waals surface area contributed by atoms with E-state index in [0.717, 1.165) is 12.1 Å². The third-order valence-corrected chi connectivity index (χ3v) is 5.40. The van der Waals surface area contributed by atoms with E-state index in [9.17, 15) is 9.59 Å². The largest absolute Gasteiger partial charge is 0.462 e. The minimum absolute atomic E-state index is 0.180. The molecule has 1 atom stereocenters. The molecular formula is C19H18N4O3S. The summed E-state index contributed by atoms with van der Waals surface area (Å²) in [5.41, 5.74) is 0.822. The number of aryl methyl sites for hydroxylation is 1. The van der Waals surface area contributed by atoms with Crippen molar-refractivity contribution in [2.45, 2.75) is 25.8 Å². The Hall–Kier alpha value is -3.00. The second-order valence-electron chi connectivity index (χ2n) is 6.32. The standard InChI is InChI=1S/C19H18N4O3S/c1-12-5-2-8-16(21-12)22-17(24)13-6-3-9-23(13)19(25)15-11-20-18(27-15)14-7-4-10-26-14/h2,4-5,7-8,10-11,13H,3,6,9H2,1H3,(H,21,22,24)/t13-/m0/s1. The van der Waals surface area contributed by atoms with Crippen LogP contribution in [0.15, 0.2) is 47.2 Å². The first-order chi connectivity index (χ1) is 13.1. The number of nitrogens with zero attached hydrogens (tertiary/aromatic N) is 3. The van der Waals surface area contributed by atoms with Crippen LogP contribution in [0.3, 0.4) is 0 Å². The number of rotatable bonds is 4. The molecule has 3 aromatic rings. The van der Waals surface area contributed by atoms with Gasteiger partial charge >= 0.3 is 0 Å². The van der Waals surface area contributed by atoms with Gasteiger partial charge in [-0.3, -0.25) is 9.59 Å². The summed E-state index contributed by atoms with van der Waals surface area (Å²) < 4.78 is 5.33. The normalized spacial score (nSPS) is 16.5. The van der Waals surface area contributed by atoms with Gasteiger partial charge in [0.15, 0.2) is 10.8 Å². The Morgan fingerprint density at radius 3 is 2.96 bits per heavy atom. The van der Waals surface area contributed by atoms with Crippen LogP contribution in [0.1, 0.15) is 28.2 Å². The van der Waals surface area contributed by atoms with Gasteiger partial charge in [0.2, 0.25) is 5.91 Å². The summed E-state index contributed by atoms with van der Waals surface area (Å²) in [6.45, 7) is 2.41. The van der Waals surface area contributed by atoms with Crippen LogP contribution in [0, 0.1) is 6.92 Å². The second kappa shape index (κ2) is 7.32. The summed E-state index contributed by atoms with van der Waals surface area (Å²) in [6.07, 6.45) is 4.53. The first-order valence-corrected chi connectivity index (χ1v) is 9.48. The van der Waals surface area contributed by atoms with Gasteiger partial charge in [-0.15, -0.1) is 11.3 Å². The maximum absolute atomic E-state index is 12.9. The number of nitrogens with one attached hydrogen (secondary N) is 1. The fourth-order valence-electron chi connectivity index (χ4n) is 3.13. The summed E-state index contributed by atoms with van der Waals surface area (Å²) in [4.78, 5) is 36.3. The highest BCUT2D eigenvalue weighted by molar-refractivity contribution is 7.16. The molecule has 0 unspecified atom stereocenters. The Kier molecular flexibility index (Phi) is 4.72. The maximum Gasteiger partial charge on any atom is 0.266 e. The lowest BCUT2D eigenvalue weighted by molar-refractivity contribution is -0.119. The number of carbonyl (C=O) groups excluding carboxylic acids is 2. The number of thiazole rings is 1. The van der Waals surface area contributed by atoms with E-state index in [-0.39, 0.29) is 11.8 Å². The smallest absolute Gasteiger partial charge is 0.266 e. The van der Waals surface area contributed by atoms with Crippen LogP contribution < -0.4 is 5.32 Å². The molecule has 1 saturated heterocycles. The van der Waals surface area contributed by atoms with Gasteiger partial charge in [0.05, 0.1) is 12.5 Å². The van der Waals surface area contributed by atoms with Crippen molar-refractivity contribution in [1.82, 2.24) is 14.9 Å². The van der Waals surface area contributed by atoms with Crippen molar-refractivity contribution in [2.75, 3.05) is 11.9 Å².